The summed E-state index contributed by atoms with van der Waals surface area (Å²) in [6.07, 6.45) is 0.694. The smallest absolute Gasteiger partial charge is 0.212 e. The number of nitrogens with zero attached hydrogens (tertiary/aromatic N) is 3. The van der Waals surface area contributed by atoms with Gasteiger partial charge in [0.05, 0.1) is 38.3 Å². The Morgan fingerprint density at radius 2 is 1.46 bits per heavy atom. The Morgan fingerprint density at radius 3 is 2.32 bits per heavy atom. The van der Waals surface area contributed by atoms with E-state index < -0.39 is 9.84 Å². The predicted octanol–water partition coefficient (Wildman–Crippen LogP) is 6.98. The van der Waals surface area contributed by atoms with Crippen LogP contribution in [0.2, 0.25) is 0 Å². The molecule has 178 valence electrons. The van der Waals surface area contributed by atoms with Crippen LogP contribution in [0.5, 0.6) is 0 Å². The lowest BCUT2D eigenvalue weighted by molar-refractivity contribution is 0.594. The SMILES string of the molecule is CCc1nc2ccc(-n3c4ccccc4c4c5ccccc5ccc43)c3c2n1-c1ccccc1S3(=O)=O. The summed E-state index contributed by atoms with van der Waals surface area (Å²) in [5.41, 5.74) is 4.61. The molecule has 5 nitrogen and oxygen atoms in total. The molecule has 1 aliphatic heterocycles. The molecule has 0 spiro atoms. The highest BCUT2D eigenvalue weighted by molar-refractivity contribution is 7.92. The highest BCUT2D eigenvalue weighted by Gasteiger charge is 2.36. The first-order valence-electron chi connectivity index (χ1n) is 12.4. The zero-order valence-electron chi connectivity index (χ0n) is 20.0. The molecule has 1 aliphatic rings. The summed E-state index contributed by atoms with van der Waals surface area (Å²) < 4.78 is 32.8. The molecule has 0 bridgehead atoms. The Labute approximate surface area is 213 Å². The number of fused-ring (bicyclic) bond motifs is 7. The Bertz CT molecular complexity index is 2200. The second-order valence-electron chi connectivity index (χ2n) is 9.50. The zero-order valence-corrected chi connectivity index (χ0v) is 20.8. The molecule has 3 heterocycles. The third kappa shape index (κ3) is 2.53. The summed E-state index contributed by atoms with van der Waals surface area (Å²) in [5, 5.41) is 4.52. The monoisotopic (exact) mass is 499 g/mol. The number of hydrogen-bond donors (Lipinski definition) is 0. The Kier molecular flexibility index (Phi) is 3.97. The largest absolute Gasteiger partial charge is 0.308 e. The van der Waals surface area contributed by atoms with Gasteiger partial charge in [0.25, 0.3) is 0 Å². The lowest BCUT2D eigenvalue weighted by Gasteiger charge is -2.23. The molecule has 0 radical (unpaired) electrons. The molecular weight excluding hydrogens is 478 g/mol. The van der Waals surface area contributed by atoms with Crippen LogP contribution in [0.4, 0.5) is 0 Å². The molecule has 0 atom stereocenters. The molecule has 0 fully saturated rings. The van der Waals surface area contributed by atoms with Gasteiger partial charge in [0, 0.05) is 17.2 Å². The van der Waals surface area contributed by atoms with E-state index in [1.807, 2.05) is 47.0 Å². The van der Waals surface area contributed by atoms with E-state index in [2.05, 4.69) is 54.0 Å². The van der Waals surface area contributed by atoms with Crippen LogP contribution >= 0.6 is 0 Å². The van der Waals surface area contributed by atoms with E-state index in [1.165, 1.54) is 0 Å². The van der Waals surface area contributed by atoms with E-state index in [-0.39, 0.29) is 0 Å². The number of aryl methyl sites for hydroxylation is 1. The molecule has 0 aliphatic carbocycles. The number of sulfone groups is 1. The fourth-order valence-corrected chi connectivity index (χ4v) is 7.89. The average Bonchev–Trinajstić information content (AvgIpc) is 3.48. The first-order valence-corrected chi connectivity index (χ1v) is 13.9. The van der Waals surface area contributed by atoms with Gasteiger partial charge in [0.2, 0.25) is 9.84 Å². The first-order chi connectivity index (χ1) is 18.1. The number of benzene rings is 5. The van der Waals surface area contributed by atoms with Crippen molar-refractivity contribution < 1.29 is 8.42 Å². The molecule has 0 amide bonds. The quantitative estimate of drug-likeness (QED) is 0.258. The lowest BCUT2D eigenvalue weighted by atomic mass is 10.0. The van der Waals surface area contributed by atoms with Crippen LogP contribution in [-0.2, 0) is 16.3 Å². The van der Waals surface area contributed by atoms with Gasteiger partial charge in [-0.3, -0.25) is 4.57 Å². The van der Waals surface area contributed by atoms with Gasteiger partial charge >= 0.3 is 0 Å². The Morgan fingerprint density at radius 1 is 0.703 bits per heavy atom. The van der Waals surface area contributed by atoms with Crippen LogP contribution < -0.4 is 0 Å². The minimum Gasteiger partial charge on any atom is -0.308 e. The van der Waals surface area contributed by atoms with Crippen molar-refractivity contribution in [1.29, 1.82) is 0 Å². The molecular formula is C31H21N3O2S. The van der Waals surface area contributed by atoms with Gasteiger partial charge in [0.1, 0.15) is 10.7 Å². The van der Waals surface area contributed by atoms with Crippen LogP contribution in [0.1, 0.15) is 12.7 Å². The molecule has 7 aromatic rings. The molecule has 0 saturated carbocycles. The van der Waals surface area contributed by atoms with Crippen LogP contribution in [-0.4, -0.2) is 22.5 Å². The topological polar surface area (TPSA) is 56.9 Å². The van der Waals surface area contributed by atoms with Gasteiger partial charge < -0.3 is 4.57 Å². The summed E-state index contributed by atoms with van der Waals surface area (Å²) in [5.74, 6) is 0.851. The van der Waals surface area contributed by atoms with Crippen molar-refractivity contribution in [2.45, 2.75) is 23.1 Å². The van der Waals surface area contributed by atoms with Crippen molar-refractivity contribution in [3.63, 3.8) is 0 Å². The fourth-order valence-electron chi connectivity index (χ4n) is 6.09. The second-order valence-corrected chi connectivity index (χ2v) is 11.4. The molecule has 2 aromatic heterocycles. The van der Waals surface area contributed by atoms with E-state index in [0.29, 0.717) is 38.6 Å². The van der Waals surface area contributed by atoms with Gasteiger partial charge in [0.15, 0.2) is 0 Å². The molecule has 37 heavy (non-hydrogen) atoms. The Balaban J connectivity index is 1.61. The first kappa shape index (κ1) is 20.7. The predicted molar refractivity (Wildman–Crippen MR) is 148 cm³/mol. The van der Waals surface area contributed by atoms with E-state index >= 15 is 0 Å². The number of imidazole rings is 1. The van der Waals surface area contributed by atoms with Crippen molar-refractivity contribution in [3.05, 3.63) is 103 Å². The highest BCUT2D eigenvalue weighted by Crippen LogP contribution is 2.45. The van der Waals surface area contributed by atoms with Crippen LogP contribution in [0.15, 0.2) is 107 Å². The van der Waals surface area contributed by atoms with E-state index in [9.17, 15) is 8.42 Å². The second kappa shape index (κ2) is 7.08. The molecule has 0 N–H and O–H groups in total. The molecule has 0 unspecified atom stereocenters. The minimum atomic E-state index is -3.82. The van der Waals surface area contributed by atoms with Gasteiger partial charge in [-0.05, 0) is 47.2 Å². The fraction of sp³-hybridized carbons (Fsp3) is 0.0645. The van der Waals surface area contributed by atoms with Gasteiger partial charge in [-0.25, -0.2) is 13.4 Å². The van der Waals surface area contributed by atoms with E-state index in [1.54, 1.807) is 12.1 Å². The van der Waals surface area contributed by atoms with Crippen molar-refractivity contribution in [2.75, 3.05) is 0 Å². The third-order valence-electron chi connectivity index (χ3n) is 7.60. The maximum Gasteiger partial charge on any atom is 0.212 e. The van der Waals surface area contributed by atoms with Gasteiger partial charge in [-0.15, -0.1) is 0 Å². The van der Waals surface area contributed by atoms with Crippen molar-refractivity contribution in [1.82, 2.24) is 14.1 Å². The molecule has 0 saturated heterocycles. The molecule has 6 heteroatoms. The summed E-state index contributed by atoms with van der Waals surface area (Å²) >= 11 is 0. The van der Waals surface area contributed by atoms with Crippen LogP contribution in [0, 0.1) is 0 Å². The van der Waals surface area contributed by atoms with E-state index in [0.717, 1.165) is 38.4 Å². The molecule has 5 aromatic carbocycles. The molecule has 8 rings (SSSR count). The van der Waals surface area contributed by atoms with Crippen molar-refractivity contribution in [3.8, 4) is 11.4 Å². The maximum absolute atomic E-state index is 14.3. The lowest BCUT2D eigenvalue weighted by Crippen LogP contribution is -2.18. The number of para-hydroxylation sites is 2. The van der Waals surface area contributed by atoms with Crippen molar-refractivity contribution in [2.24, 2.45) is 0 Å². The summed E-state index contributed by atoms with van der Waals surface area (Å²) in [6, 6.07) is 31.9. The minimum absolute atomic E-state index is 0.312. The van der Waals surface area contributed by atoms with E-state index in [4.69, 9.17) is 4.98 Å². The Hall–Kier alpha value is -4.42. The van der Waals surface area contributed by atoms with Crippen molar-refractivity contribution >= 4 is 53.4 Å². The summed E-state index contributed by atoms with van der Waals surface area (Å²) in [4.78, 5) is 5.47. The number of rotatable bonds is 2. The highest BCUT2D eigenvalue weighted by atomic mass is 32.2. The number of aromatic nitrogens is 3. The van der Waals surface area contributed by atoms with Crippen LogP contribution in [0.25, 0.3) is 55.0 Å². The normalized spacial score (nSPS) is 14.1. The van der Waals surface area contributed by atoms with Gasteiger partial charge in [-0.1, -0.05) is 67.6 Å². The average molecular weight is 500 g/mol. The zero-order chi connectivity index (χ0) is 24.9. The third-order valence-corrected chi connectivity index (χ3v) is 9.47. The standard InChI is InChI=1S/C31H21N3O2S/c1-2-28-32-22-16-18-26(31-30(22)34(28)24-13-7-8-14-27(24)37(31,35)36)33-23-12-6-5-11-21(23)29-20-10-4-3-9-19(20)15-17-25(29)33/h3-18H,2H2,1H3. The van der Waals surface area contributed by atoms with Crippen LogP contribution in [0.3, 0.4) is 0 Å². The summed E-state index contributed by atoms with van der Waals surface area (Å²) in [6.45, 7) is 2.05. The van der Waals surface area contributed by atoms with Gasteiger partial charge in [-0.2, -0.15) is 0 Å². The maximum atomic E-state index is 14.3. The number of hydrogen-bond acceptors (Lipinski definition) is 3. The summed E-state index contributed by atoms with van der Waals surface area (Å²) in [7, 11) is -3.82.